The van der Waals surface area contributed by atoms with Crippen molar-refractivity contribution in [2.75, 3.05) is 13.1 Å². The van der Waals surface area contributed by atoms with Gasteiger partial charge >= 0.3 is 0 Å². The third-order valence-corrected chi connectivity index (χ3v) is 4.06. The summed E-state index contributed by atoms with van der Waals surface area (Å²) in [7, 11) is 0. The van der Waals surface area contributed by atoms with Crippen molar-refractivity contribution in [1.29, 1.82) is 0 Å². The summed E-state index contributed by atoms with van der Waals surface area (Å²) >= 11 is -1.17. The molecule has 1 heterocycles. The van der Waals surface area contributed by atoms with E-state index in [0.29, 0.717) is 4.90 Å². The Morgan fingerprint density at radius 1 is 1.19 bits per heavy atom. The molecule has 0 aromatic heterocycles. The first-order chi connectivity index (χ1) is 7.68. The maximum Gasteiger partial charge on any atom is 0.269 e. The molecule has 5 nitrogen and oxygen atoms in total. The fraction of sp³-hybridized carbons (Fsp3) is 0.400. The molecule has 86 valence electrons. The van der Waals surface area contributed by atoms with Crippen molar-refractivity contribution in [2.24, 2.45) is 0 Å². The van der Waals surface area contributed by atoms with Gasteiger partial charge in [0.05, 0.1) is 16.3 Å². The Balaban J connectivity index is 2.11. The van der Waals surface area contributed by atoms with Crippen LogP contribution in [0.1, 0.15) is 12.8 Å². The SMILES string of the molecule is O=[N+]([O-])c1ccc([S+]([O-])N2CCCC2)cc1. The van der Waals surface area contributed by atoms with Crippen LogP contribution in [0.25, 0.3) is 0 Å². The zero-order valence-electron chi connectivity index (χ0n) is 8.67. The Morgan fingerprint density at radius 2 is 1.75 bits per heavy atom. The Hall–Kier alpha value is -1.11. The quantitative estimate of drug-likeness (QED) is 0.458. The standard InChI is InChI=1S/C10H12N2O3S/c13-12(14)9-3-5-10(6-4-9)16(15)11-7-1-2-8-11/h3-6H,1-2,7-8H2. The minimum absolute atomic E-state index is 0.0298. The molecule has 6 heteroatoms. The van der Waals surface area contributed by atoms with E-state index in [-0.39, 0.29) is 5.69 Å². The molecule has 1 saturated heterocycles. The molecule has 1 atom stereocenters. The minimum atomic E-state index is -1.17. The molecule has 2 rings (SSSR count). The molecule has 1 aromatic carbocycles. The van der Waals surface area contributed by atoms with Gasteiger partial charge in [-0.2, -0.15) is 0 Å². The normalized spacial score (nSPS) is 18.6. The van der Waals surface area contributed by atoms with Crippen LogP contribution in [0, 0.1) is 10.1 Å². The highest BCUT2D eigenvalue weighted by molar-refractivity contribution is 7.89. The largest absolute Gasteiger partial charge is 0.593 e. The van der Waals surface area contributed by atoms with Gasteiger partial charge in [-0.05, 0) is 12.8 Å². The average Bonchev–Trinajstić information content (AvgIpc) is 2.81. The Morgan fingerprint density at radius 3 is 2.25 bits per heavy atom. The molecule has 0 N–H and O–H groups in total. The van der Waals surface area contributed by atoms with Crippen molar-refractivity contribution in [3.05, 3.63) is 34.4 Å². The van der Waals surface area contributed by atoms with Gasteiger partial charge in [0.25, 0.3) is 5.69 Å². The van der Waals surface area contributed by atoms with Crippen molar-refractivity contribution >= 4 is 17.0 Å². The first kappa shape index (κ1) is 11.4. The summed E-state index contributed by atoms with van der Waals surface area (Å²) in [5.74, 6) is 0. The molecule has 0 bridgehead atoms. The van der Waals surface area contributed by atoms with E-state index >= 15 is 0 Å². The van der Waals surface area contributed by atoms with E-state index in [1.165, 1.54) is 12.1 Å². The number of nitro groups is 1. The topological polar surface area (TPSA) is 69.4 Å². The maximum atomic E-state index is 12.0. The first-order valence-corrected chi connectivity index (χ1v) is 6.20. The number of non-ortho nitro benzene ring substituents is 1. The number of hydrogen-bond donors (Lipinski definition) is 0. The van der Waals surface area contributed by atoms with Crippen molar-refractivity contribution in [3.63, 3.8) is 0 Å². The van der Waals surface area contributed by atoms with E-state index in [1.54, 1.807) is 12.1 Å². The molecule has 1 aliphatic heterocycles. The summed E-state index contributed by atoms with van der Waals surface area (Å²) in [5, 5.41) is 10.5. The highest BCUT2D eigenvalue weighted by Crippen LogP contribution is 2.22. The van der Waals surface area contributed by atoms with Crippen LogP contribution in [0.3, 0.4) is 0 Å². The van der Waals surface area contributed by atoms with Crippen LogP contribution in [-0.2, 0) is 11.4 Å². The maximum absolute atomic E-state index is 12.0. The fourth-order valence-corrected chi connectivity index (χ4v) is 2.94. The number of nitro benzene ring substituents is 1. The second kappa shape index (κ2) is 4.82. The lowest BCUT2D eigenvalue weighted by atomic mass is 10.3. The molecule has 1 unspecified atom stereocenters. The van der Waals surface area contributed by atoms with Crippen LogP contribution in [-0.4, -0.2) is 26.9 Å². The van der Waals surface area contributed by atoms with Gasteiger partial charge in [0.1, 0.15) is 0 Å². The lowest BCUT2D eigenvalue weighted by Gasteiger charge is -2.18. The second-order valence-corrected chi connectivity index (χ2v) is 5.12. The van der Waals surface area contributed by atoms with Crippen molar-refractivity contribution in [2.45, 2.75) is 17.7 Å². The molecular formula is C10H12N2O3S. The molecule has 1 aromatic rings. The molecule has 1 aliphatic rings. The van der Waals surface area contributed by atoms with E-state index in [9.17, 15) is 14.7 Å². The zero-order chi connectivity index (χ0) is 11.5. The summed E-state index contributed by atoms with van der Waals surface area (Å²) in [4.78, 5) is 10.6. The molecule has 0 spiro atoms. The molecule has 0 saturated carbocycles. The number of nitrogens with zero attached hydrogens (tertiary/aromatic N) is 2. The van der Waals surface area contributed by atoms with Gasteiger partial charge in [-0.15, -0.1) is 4.31 Å². The van der Waals surface area contributed by atoms with Crippen LogP contribution < -0.4 is 0 Å². The third kappa shape index (κ3) is 2.34. The summed E-state index contributed by atoms with van der Waals surface area (Å²) in [6, 6.07) is 5.91. The zero-order valence-corrected chi connectivity index (χ0v) is 9.48. The van der Waals surface area contributed by atoms with E-state index in [2.05, 4.69) is 0 Å². The van der Waals surface area contributed by atoms with E-state index in [1.807, 2.05) is 4.31 Å². The molecule has 16 heavy (non-hydrogen) atoms. The van der Waals surface area contributed by atoms with Crippen molar-refractivity contribution < 1.29 is 9.48 Å². The molecule has 0 radical (unpaired) electrons. The monoisotopic (exact) mass is 240 g/mol. The number of rotatable bonds is 3. The predicted molar refractivity (Wildman–Crippen MR) is 60.3 cm³/mol. The van der Waals surface area contributed by atoms with Gasteiger partial charge in [0.2, 0.25) is 0 Å². The summed E-state index contributed by atoms with van der Waals surface area (Å²) in [5.41, 5.74) is 0.0298. The van der Waals surface area contributed by atoms with Crippen LogP contribution >= 0.6 is 0 Å². The van der Waals surface area contributed by atoms with Crippen LogP contribution in [0.15, 0.2) is 29.2 Å². The molecule has 0 amide bonds. The van der Waals surface area contributed by atoms with Crippen molar-refractivity contribution in [1.82, 2.24) is 4.31 Å². The molecular weight excluding hydrogens is 228 g/mol. The third-order valence-electron chi connectivity index (χ3n) is 2.55. The van der Waals surface area contributed by atoms with Gasteiger partial charge in [0, 0.05) is 37.4 Å². The van der Waals surface area contributed by atoms with Gasteiger partial charge < -0.3 is 4.55 Å². The van der Waals surface area contributed by atoms with Crippen molar-refractivity contribution in [3.8, 4) is 0 Å². The van der Waals surface area contributed by atoms with E-state index < -0.39 is 16.3 Å². The van der Waals surface area contributed by atoms with Crippen LogP contribution in [0.5, 0.6) is 0 Å². The van der Waals surface area contributed by atoms with Crippen LogP contribution in [0.4, 0.5) is 5.69 Å². The molecule has 1 fully saturated rings. The number of benzene rings is 1. The van der Waals surface area contributed by atoms with Gasteiger partial charge in [-0.3, -0.25) is 10.1 Å². The Kier molecular flexibility index (Phi) is 3.42. The summed E-state index contributed by atoms with van der Waals surface area (Å²) < 4.78 is 13.9. The lowest BCUT2D eigenvalue weighted by molar-refractivity contribution is -0.384. The Bertz CT molecular complexity index is 376. The predicted octanol–water partition coefficient (Wildman–Crippen LogP) is 1.71. The minimum Gasteiger partial charge on any atom is -0.593 e. The highest BCUT2D eigenvalue weighted by atomic mass is 32.2. The highest BCUT2D eigenvalue weighted by Gasteiger charge is 2.25. The number of hydrogen-bond acceptors (Lipinski definition) is 4. The lowest BCUT2D eigenvalue weighted by Crippen LogP contribution is -2.27. The summed E-state index contributed by atoms with van der Waals surface area (Å²) in [6.45, 7) is 1.67. The Labute approximate surface area is 96.5 Å². The van der Waals surface area contributed by atoms with Crippen LogP contribution in [0.2, 0.25) is 0 Å². The first-order valence-electron chi connectivity index (χ1n) is 5.10. The average molecular weight is 240 g/mol. The van der Waals surface area contributed by atoms with E-state index in [0.717, 1.165) is 25.9 Å². The second-order valence-electron chi connectivity index (χ2n) is 3.64. The van der Waals surface area contributed by atoms with Gasteiger partial charge in [-0.25, -0.2) is 0 Å². The smallest absolute Gasteiger partial charge is 0.269 e. The van der Waals surface area contributed by atoms with Gasteiger partial charge in [0.15, 0.2) is 4.90 Å². The summed E-state index contributed by atoms with van der Waals surface area (Å²) in [6.07, 6.45) is 2.14. The fourth-order valence-electron chi connectivity index (χ4n) is 1.69. The van der Waals surface area contributed by atoms with Gasteiger partial charge in [-0.1, -0.05) is 0 Å². The van der Waals surface area contributed by atoms with E-state index in [4.69, 9.17) is 0 Å². The molecule has 0 aliphatic carbocycles.